The van der Waals surface area contributed by atoms with Crippen LogP contribution in [0.3, 0.4) is 0 Å². The number of benzene rings is 1. The summed E-state index contributed by atoms with van der Waals surface area (Å²) in [5.41, 5.74) is 2.84. The fraction of sp³-hybridized carbons (Fsp3) is 0.500. The van der Waals surface area contributed by atoms with Crippen LogP contribution in [0.5, 0.6) is 5.75 Å². The average molecular weight is 231 g/mol. The summed E-state index contributed by atoms with van der Waals surface area (Å²) in [5.74, 6) is 0.958. The summed E-state index contributed by atoms with van der Waals surface area (Å²) in [6.07, 6.45) is 1.50. The predicted octanol–water partition coefficient (Wildman–Crippen LogP) is 2.42. The zero-order valence-corrected chi connectivity index (χ0v) is 10.5. The number of carbonyl (C=O) groups is 1. The summed E-state index contributed by atoms with van der Waals surface area (Å²) in [6.45, 7) is 4.95. The third-order valence-electron chi connectivity index (χ3n) is 3.58. The second-order valence-electron chi connectivity index (χ2n) is 5.61. The first kappa shape index (κ1) is 10.6. The molecule has 1 aromatic rings. The normalized spacial score (nSPS) is 20.9. The van der Waals surface area contributed by atoms with E-state index in [0.717, 1.165) is 24.3 Å². The Morgan fingerprint density at radius 1 is 1.35 bits per heavy atom. The second-order valence-corrected chi connectivity index (χ2v) is 5.61. The minimum atomic E-state index is -0.372. The smallest absolute Gasteiger partial charge is 0.170 e. The molecule has 2 aliphatic heterocycles. The van der Waals surface area contributed by atoms with Crippen molar-refractivity contribution in [3.8, 4) is 5.75 Å². The van der Waals surface area contributed by atoms with E-state index >= 15 is 0 Å². The van der Waals surface area contributed by atoms with Crippen molar-refractivity contribution >= 4 is 11.5 Å². The van der Waals surface area contributed by atoms with Crippen LogP contribution < -0.4 is 9.64 Å². The van der Waals surface area contributed by atoms with Gasteiger partial charge in [-0.2, -0.15) is 0 Å². The highest BCUT2D eigenvalue weighted by molar-refractivity contribution is 6.01. The molecular formula is C14H17NO2. The molecule has 0 atom stereocenters. The van der Waals surface area contributed by atoms with Gasteiger partial charge in [0.05, 0.1) is 12.0 Å². The molecule has 3 rings (SSSR count). The Bertz CT molecular complexity index is 505. The zero-order chi connectivity index (χ0) is 12.2. The van der Waals surface area contributed by atoms with Crippen molar-refractivity contribution in [2.24, 2.45) is 0 Å². The number of carbonyl (C=O) groups excluding carboxylic acids is 1. The molecule has 0 aliphatic carbocycles. The van der Waals surface area contributed by atoms with Gasteiger partial charge in [0.25, 0.3) is 0 Å². The molecule has 0 amide bonds. The van der Waals surface area contributed by atoms with Crippen LogP contribution in [0.2, 0.25) is 0 Å². The highest BCUT2D eigenvalue weighted by atomic mass is 16.5. The Labute approximate surface area is 101 Å². The first-order valence-electron chi connectivity index (χ1n) is 6.06. The number of hydrogen-bond acceptors (Lipinski definition) is 3. The van der Waals surface area contributed by atoms with Gasteiger partial charge in [0, 0.05) is 19.3 Å². The molecular weight excluding hydrogens is 214 g/mol. The lowest BCUT2D eigenvalue weighted by Crippen LogP contribution is -2.36. The third kappa shape index (κ3) is 1.61. The van der Waals surface area contributed by atoms with Crippen molar-refractivity contribution in [3.05, 3.63) is 23.3 Å². The van der Waals surface area contributed by atoms with E-state index in [2.05, 4.69) is 11.9 Å². The van der Waals surface area contributed by atoms with Crippen molar-refractivity contribution in [1.82, 2.24) is 0 Å². The van der Waals surface area contributed by atoms with Gasteiger partial charge < -0.3 is 9.64 Å². The molecule has 0 bridgehead atoms. The van der Waals surface area contributed by atoms with Crippen molar-refractivity contribution in [3.63, 3.8) is 0 Å². The topological polar surface area (TPSA) is 29.5 Å². The average Bonchev–Trinajstić information content (AvgIpc) is 2.56. The lowest BCUT2D eigenvalue weighted by molar-refractivity contribution is 0.0620. The van der Waals surface area contributed by atoms with Crippen LogP contribution in [0.4, 0.5) is 5.69 Å². The minimum Gasteiger partial charge on any atom is -0.487 e. The van der Waals surface area contributed by atoms with Crippen LogP contribution >= 0.6 is 0 Å². The zero-order valence-electron chi connectivity index (χ0n) is 10.5. The molecule has 0 aromatic heterocycles. The number of nitrogens with zero attached hydrogens (tertiary/aromatic N) is 1. The molecule has 0 unspecified atom stereocenters. The quantitative estimate of drug-likeness (QED) is 0.686. The van der Waals surface area contributed by atoms with Gasteiger partial charge in [-0.25, -0.2) is 0 Å². The van der Waals surface area contributed by atoms with Crippen molar-refractivity contribution in [2.45, 2.75) is 32.3 Å². The minimum absolute atomic E-state index is 0.194. The van der Waals surface area contributed by atoms with Crippen LogP contribution in [0.25, 0.3) is 0 Å². The largest absolute Gasteiger partial charge is 0.487 e. The lowest BCUT2D eigenvalue weighted by atomic mass is 9.92. The lowest BCUT2D eigenvalue weighted by Gasteiger charge is -2.32. The van der Waals surface area contributed by atoms with Crippen molar-refractivity contribution < 1.29 is 9.53 Å². The fourth-order valence-corrected chi connectivity index (χ4v) is 2.69. The second kappa shape index (κ2) is 3.25. The van der Waals surface area contributed by atoms with Crippen LogP contribution in [0, 0.1) is 0 Å². The number of rotatable bonds is 0. The number of anilines is 1. The molecule has 17 heavy (non-hydrogen) atoms. The van der Waals surface area contributed by atoms with Gasteiger partial charge in [-0.05, 0) is 38.0 Å². The maximum Gasteiger partial charge on any atom is 0.170 e. The molecule has 0 radical (unpaired) electrons. The van der Waals surface area contributed by atoms with Crippen molar-refractivity contribution in [1.29, 1.82) is 0 Å². The van der Waals surface area contributed by atoms with E-state index in [9.17, 15) is 4.79 Å². The molecule has 2 aliphatic rings. The highest BCUT2D eigenvalue weighted by Crippen LogP contribution is 2.39. The molecule has 0 spiro atoms. The Balaban J connectivity index is 2.13. The van der Waals surface area contributed by atoms with Crippen LogP contribution in [0.15, 0.2) is 12.1 Å². The van der Waals surface area contributed by atoms with E-state index in [0.29, 0.717) is 6.42 Å². The monoisotopic (exact) mass is 231 g/mol. The molecule has 0 saturated heterocycles. The van der Waals surface area contributed by atoms with E-state index < -0.39 is 0 Å². The van der Waals surface area contributed by atoms with Gasteiger partial charge in [-0.3, -0.25) is 4.79 Å². The summed E-state index contributed by atoms with van der Waals surface area (Å²) < 4.78 is 5.91. The molecule has 3 nitrogen and oxygen atoms in total. The summed E-state index contributed by atoms with van der Waals surface area (Å²) in [4.78, 5) is 14.3. The van der Waals surface area contributed by atoms with E-state index in [1.165, 1.54) is 11.3 Å². The number of ketones is 1. The molecule has 1 aromatic carbocycles. The number of ether oxygens (including phenoxy) is 1. The summed E-state index contributed by atoms with van der Waals surface area (Å²) in [7, 11) is 2.07. The van der Waals surface area contributed by atoms with Crippen molar-refractivity contribution in [2.75, 3.05) is 18.5 Å². The maximum atomic E-state index is 12.1. The van der Waals surface area contributed by atoms with Gasteiger partial charge in [0.2, 0.25) is 0 Å². The van der Waals surface area contributed by atoms with Gasteiger partial charge in [0.1, 0.15) is 11.4 Å². The number of fused-ring (bicyclic) bond motifs is 2. The molecule has 0 saturated carbocycles. The number of Topliss-reactive ketones (excluding diaryl/α,β-unsaturated/α-hetero) is 1. The SMILES string of the molecule is CN1CCc2cc3c(cc21)C(=O)CC(C)(C)O3. The number of likely N-dealkylation sites (N-methyl/N-ethyl adjacent to an activating group) is 1. The first-order valence-corrected chi connectivity index (χ1v) is 6.06. The Morgan fingerprint density at radius 3 is 2.88 bits per heavy atom. The third-order valence-corrected chi connectivity index (χ3v) is 3.58. The molecule has 2 heterocycles. The van der Waals surface area contributed by atoms with E-state index in [1.54, 1.807) is 0 Å². The summed E-state index contributed by atoms with van der Waals surface area (Å²) >= 11 is 0. The van der Waals surface area contributed by atoms with Gasteiger partial charge >= 0.3 is 0 Å². The molecule has 0 N–H and O–H groups in total. The molecule has 0 fully saturated rings. The molecule has 90 valence electrons. The maximum absolute atomic E-state index is 12.1. The number of hydrogen-bond donors (Lipinski definition) is 0. The molecule has 3 heteroatoms. The van der Waals surface area contributed by atoms with E-state index in [1.807, 2.05) is 26.0 Å². The van der Waals surface area contributed by atoms with Crippen LogP contribution in [-0.4, -0.2) is 25.0 Å². The first-order chi connectivity index (χ1) is 7.96. The standard InChI is InChI=1S/C14H17NO2/c1-14(2)8-12(16)10-7-11-9(4-5-15(11)3)6-13(10)17-14/h6-7H,4-5,8H2,1-3H3. The van der Waals surface area contributed by atoms with Gasteiger partial charge in [-0.15, -0.1) is 0 Å². The van der Waals surface area contributed by atoms with Crippen LogP contribution in [0.1, 0.15) is 36.2 Å². The van der Waals surface area contributed by atoms with Gasteiger partial charge in [-0.1, -0.05) is 0 Å². The van der Waals surface area contributed by atoms with Gasteiger partial charge in [0.15, 0.2) is 5.78 Å². The predicted molar refractivity (Wildman–Crippen MR) is 67.1 cm³/mol. The summed E-state index contributed by atoms with van der Waals surface area (Å²) in [6, 6.07) is 4.04. The van der Waals surface area contributed by atoms with E-state index in [-0.39, 0.29) is 11.4 Å². The fourth-order valence-electron chi connectivity index (χ4n) is 2.69. The Morgan fingerprint density at radius 2 is 2.12 bits per heavy atom. The van der Waals surface area contributed by atoms with Crippen LogP contribution in [-0.2, 0) is 6.42 Å². The Kier molecular flexibility index (Phi) is 2.03. The Hall–Kier alpha value is -1.51. The summed E-state index contributed by atoms with van der Waals surface area (Å²) in [5, 5.41) is 0. The highest BCUT2D eigenvalue weighted by Gasteiger charge is 2.34. The van der Waals surface area contributed by atoms with E-state index in [4.69, 9.17) is 4.74 Å².